The van der Waals surface area contributed by atoms with Crippen molar-refractivity contribution >= 4 is 5.91 Å². The fraction of sp³-hybridized carbons (Fsp3) is 0. The van der Waals surface area contributed by atoms with Crippen LogP contribution in [0, 0.1) is 0 Å². The fourth-order valence-electron chi connectivity index (χ4n) is 0.654. The quantitative estimate of drug-likeness (QED) is 0.400. The zero-order chi connectivity index (χ0) is 7.40. The summed E-state index contributed by atoms with van der Waals surface area (Å²) >= 11 is 0. The van der Waals surface area contributed by atoms with Crippen LogP contribution < -0.4 is 5.48 Å². The Balaban J connectivity index is 0.000001000. The summed E-state index contributed by atoms with van der Waals surface area (Å²) in [7, 11) is 0. The summed E-state index contributed by atoms with van der Waals surface area (Å²) in [5.74, 6) is -0.486. The van der Waals surface area contributed by atoms with Crippen molar-refractivity contribution in [3.8, 4) is 0 Å². The SMILES string of the molecule is O=C(NO)c1ccccc1.[Cu]. The molecule has 0 saturated carbocycles. The van der Waals surface area contributed by atoms with Crippen LogP contribution in [-0.2, 0) is 17.1 Å². The maximum atomic E-state index is 10.7. The normalized spacial score (nSPS) is 8.09. The van der Waals surface area contributed by atoms with Gasteiger partial charge in [0.05, 0.1) is 0 Å². The van der Waals surface area contributed by atoms with Crippen LogP contribution in [0.1, 0.15) is 10.4 Å². The number of carbonyl (C=O) groups excluding carboxylic acids is 1. The van der Waals surface area contributed by atoms with Crippen LogP contribution >= 0.6 is 0 Å². The molecule has 0 saturated heterocycles. The minimum atomic E-state index is -0.486. The number of nitrogens with one attached hydrogen (secondary N) is 1. The van der Waals surface area contributed by atoms with Crippen molar-refractivity contribution in [2.45, 2.75) is 0 Å². The molecule has 0 fully saturated rings. The van der Waals surface area contributed by atoms with Crippen molar-refractivity contribution in [2.24, 2.45) is 0 Å². The predicted molar refractivity (Wildman–Crippen MR) is 35.7 cm³/mol. The van der Waals surface area contributed by atoms with Gasteiger partial charge in [0.1, 0.15) is 0 Å². The van der Waals surface area contributed by atoms with Crippen LogP contribution in [0.3, 0.4) is 0 Å². The van der Waals surface area contributed by atoms with Crippen LogP contribution in [0.5, 0.6) is 0 Å². The zero-order valence-electron chi connectivity index (χ0n) is 5.54. The largest absolute Gasteiger partial charge is 0.288 e. The fourth-order valence-corrected chi connectivity index (χ4v) is 0.654. The summed E-state index contributed by atoms with van der Waals surface area (Å²) in [6, 6.07) is 8.49. The summed E-state index contributed by atoms with van der Waals surface area (Å²) in [5, 5.41) is 8.19. The number of amides is 1. The molecule has 0 unspecified atom stereocenters. The molecule has 0 spiro atoms. The van der Waals surface area contributed by atoms with Crippen molar-refractivity contribution in [1.29, 1.82) is 0 Å². The van der Waals surface area contributed by atoms with Gasteiger partial charge in [-0.15, -0.1) is 0 Å². The summed E-state index contributed by atoms with van der Waals surface area (Å²) in [5.41, 5.74) is 1.99. The van der Waals surface area contributed by atoms with E-state index >= 15 is 0 Å². The maximum Gasteiger partial charge on any atom is 0.274 e. The Kier molecular flexibility index (Phi) is 4.53. The van der Waals surface area contributed by atoms with Crippen LogP contribution in [0.25, 0.3) is 0 Å². The molecule has 1 radical (unpaired) electrons. The third-order valence-corrected chi connectivity index (χ3v) is 1.14. The molecule has 11 heavy (non-hydrogen) atoms. The topological polar surface area (TPSA) is 49.3 Å². The standard InChI is InChI=1S/C7H7NO2.Cu/c9-7(8-10)6-4-2-1-3-5-6;/h1-5,10H,(H,8,9);. The Labute approximate surface area is 74.9 Å². The number of hydrogen-bond donors (Lipinski definition) is 2. The number of carbonyl (C=O) groups is 1. The Morgan fingerprint density at radius 3 is 2.27 bits per heavy atom. The molecule has 1 aromatic carbocycles. The molecule has 1 amide bonds. The van der Waals surface area contributed by atoms with Crippen molar-refractivity contribution < 1.29 is 27.1 Å². The second kappa shape index (κ2) is 4.91. The molecule has 0 aliphatic rings. The molecule has 1 aromatic rings. The predicted octanol–water partition coefficient (Wildman–Crippen LogP) is 0.803. The van der Waals surface area contributed by atoms with Crippen LogP contribution in [0.4, 0.5) is 0 Å². The zero-order valence-corrected chi connectivity index (χ0v) is 6.49. The van der Waals surface area contributed by atoms with Gasteiger partial charge in [0, 0.05) is 22.6 Å². The summed E-state index contributed by atoms with van der Waals surface area (Å²) in [6.07, 6.45) is 0. The molecule has 0 bridgehead atoms. The molecule has 3 nitrogen and oxygen atoms in total. The van der Waals surface area contributed by atoms with Crippen LogP contribution in [0.15, 0.2) is 30.3 Å². The van der Waals surface area contributed by atoms with E-state index in [9.17, 15) is 4.79 Å². The first-order chi connectivity index (χ1) is 4.84. The Morgan fingerprint density at radius 2 is 1.82 bits per heavy atom. The molecule has 2 N–H and O–H groups in total. The molecular formula is C7H7CuNO2. The smallest absolute Gasteiger partial charge is 0.274 e. The van der Waals surface area contributed by atoms with Gasteiger partial charge in [0.15, 0.2) is 0 Å². The van der Waals surface area contributed by atoms with E-state index in [1.54, 1.807) is 35.8 Å². The molecule has 1 rings (SSSR count). The Hall–Kier alpha value is -0.831. The second-order valence-corrected chi connectivity index (χ2v) is 1.81. The van der Waals surface area contributed by atoms with E-state index in [0.717, 1.165) is 0 Å². The Bertz CT molecular complexity index is 225. The summed E-state index contributed by atoms with van der Waals surface area (Å²) < 4.78 is 0. The number of hydrogen-bond acceptors (Lipinski definition) is 2. The van der Waals surface area contributed by atoms with Gasteiger partial charge in [0.2, 0.25) is 0 Å². The van der Waals surface area contributed by atoms with Gasteiger partial charge >= 0.3 is 0 Å². The second-order valence-electron chi connectivity index (χ2n) is 1.81. The minimum absolute atomic E-state index is 0. The summed E-state index contributed by atoms with van der Waals surface area (Å²) in [4.78, 5) is 10.7. The molecule has 4 heteroatoms. The number of benzene rings is 1. The van der Waals surface area contributed by atoms with Gasteiger partial charge in [0.25, 0.3) is 5.91 Å². The van der Waals surface area contributed by atoms with Crippen LogP contribution in [-0.4, -0.2) is 11.1 Å². The molecule has 63 valence electrons. The first-order valence-electron chi connectivity index (χ1n) is 2.84. The molecule has 0 aliphatic carbocycles. The first-order valence-corrected chi connectivity index (χ1v) is 2.84. The molecular weight excluding hydrogens is 194 g/mol. The van der Waals surface area contributed by atoms with E-state index in [4.69, 9.17) is 5.21 Å². The van der Waals surface area contributed by atoms with Crippen molar-refractivity contribution in [2.75, 3.05) is 0 Å². The van der Waals surface area contributed by atoms with E-state index < -0.39 is 5.91 Å². The molecule has 0 aromatic heterocycles. The van der Waals surface area contributed by atoms with Crippen molar-refractivity contribution in [3.05, 3.63) is 35.9 Å². The minimum Gasteiger partial charge on any atom is -0.288 e. The van der Waals surface area contributed by atoms with Gasteiger partial charge in [-0.2, -0.15) is 0 Å². The van der Waals surface area contributed by atoms with Crippen molar-refractivity contribution in [3.63, 3.8) is 0 Å². The Morgan fingerprint density at radius 1 is 1.27 bits per heavy atom. The van der Waals surface area contributed by atoms with Gasteiger partial charge in [-0.25, -0.2) is 5.48 Å². The third-order valence-electron chi connectivity index (χ3n) is 1.14. The third kappa shape index (κ3) is 2.72. The van der Waals surface area contributed by atoms with Gasteiger partial charge in [-0.1, -0.05) is 18.2 Å². The molecule has 0 heterocycles. The monoisotopic (exact) mass is 200 g/mol. The van der Waals surface area contributed by atoms with Gasteiger partial charge in [-0.05, 0) is 12.1 Å². The molecule has 0 aliphatic heterocycles. The average Bonchev–Trinajstić information content (AvgIpc) is 2.05. The van der Waals surface area contributed by atoms with E-state index in [-0.39, 0.29) is 17.1 Å². The summed E-state index contributed by atoms with van der Waals surface area (Å²) in [6.45, 7) is 0. The first kappa shape index (κ1) is 10.2. The van der Waals surface area contributed by atoms with Gasteiger partial charge in [-0.3, -0.25) is 10.0 Å². The number of rotatable bonds is 1. The van der Waals surface area contributed by atoms with Crippen LogP contribution in [0.2, 0.25) is 0 Å². The van der Waals surface area contributed by atoms with Gasteiger partial charge < -0.3 is 0 Å². The van der Waals surface area contributed by atoms with Crippen molar-refractivity contribution in [1.82, 2.24) is 5.48 Å². The number of hydroxylamine groups is 1. The molecule has 0 atom stereocenters. The van der Waals surface area contributed by atoms with E-state index in [1.165, 1.54) is 0 Å². The van der Waals surface area contributed by atoms with E-state index in [0.29, 0.717) is 5.56 Å². The van der Waals surface area contributed by atoms with E-state index in [1.807, 2.05) is 0 Å². The maximum absolute atomic E-state index is 10.7. The van der Waals surface area contributed by atoms with E-state index in [2.05, 4.69) is 0 Å². The average molecular weight is 201 g/mol.